The summed E-state index contributed by atoms with van der Waals surface area (Å²) in [7, 11) is 0. The van der Waals surface area contributed by atoms with E-state index in [1.807, 2.05) is 0 Å². The van der Waals surface area contributed by atoms with Crippen molar-refractivity contribution >= 4 is 63.8 Å². The Bertz CT molecular complexity index is 1140. The molecular formula is C20H14ClFN2O6S. The molecule has 0 bridgehead atoms. The third-order valence-corrected chi connectivity index (χ3v) is 5.16. The van der Waals surface area contributed by atoms with Gasteiger partial charge in [0.05, 0.1) is 27.8 Å². The van der Waals surface area contributed by atoms with Crippen LogP contribution in [0, 0.1) is 5.82 Å². The highest BCUT2D eigenvalue weighted by Gasteiger charge is 2.40. The van der Waals surface area contributed by atoms with Crippen molar-refractivity contribution in [3.63, 3.8) is 0 Å². The van der Waals surface area contributed by atoms with E-state index < -0.39 is 29.7 Å². The zero-order valence-electron chi connectivity index (χ0n) is 15.9. The van der Waals surface area contributed by atoms with Crippen molar-refractivity contribution in [3.05, 3.63) is 63.1 Å². The Hall–Kier alpha value is -3.50. The molecule has 2 aromatic rings. The molecule has 1 aliphatic heterocycles. The number of thiophene rings is 1. The second kappa shape index (κ2) is 9.11. The predicted octanol–water partition coefficient (Wildman–Crippen LogP) is 3.50. The molecule has 0 fully saturated rings. The Morgan fingerprint density at radius 1 is 1.26 bits per heavy atom. The Morgan fingerprint density at radius 2 is 1.97 bits per heavy atom. The van der Waals surface area contributed by atoms with Crippen LogP contribution in [0.4, 0.5) is 14.9 Å². The number of nitrogens with two attached hydrogens (primary N) is 1. The monoisotopic (exact) mass is 464 g/mol. The number of rotatable bonds is 5. The Morgan fingerprint density at radius 3 is 2.58 bits per heavy atom. The van der Waals surface area contributed by atoms with Gasteiger partial charge in [-0.3, -0.25) is 4.79 Å². The molecule has 0 saturated heterocycles. The van der Waals surface area contributed by atoms with E-state index in [-0.39, 0.29) is 34.2 Å². The van der Waals surface area contributed by atoms with Crippen LogP contribution in [0.5, 0.6) is 0 Å². The van der Waals surface area contributed by atoms with E-state index in [1.54, 1.807) is 24.4 Å². The summed E-state index contributed by atoms with van der Waals surface area (Å²) in [4.78, 5) is 49.6. The van der Waals surface area contributed by atoms with Gasteiger partial charge in [-0.2, -0.15) is 0 Å². The number of halogens is 2. The molecule has 0 unspecified atom stereocenters. The molecule has 2 N–H and O–H groups in total. The summed E-state index contributed by atoms with van der Waals surface area (Å²) in [5.74, 6) is -3.76. The summed E-state index contributed by atoms with van der Waals surface area (Å²) < 4.78 is 24.2. The standard InChI is InChI=1S/C20H14ClFN2O6S/c1-2-29-15(25)5-6-16(26)30-18(14-4-3-7-31-14)17-10-8-12(22)11(21)9-13(10)24(19(17)27)20(23)28/h3-9H,2H2,1H3,(H2,23,28). The summed E-state index contributed by atoms with van der Waals surface area (Å²) in [6, 6.07) is 4.10. The smallest absolute Gasteiger partial charge is 0.336 e. The second-order valence-corrected chi connectivity index (χ2v) is 7.31. The Labute approximate surface area is 184 Å². The van der Waals surface area contributed by atoms with Gasteiger partial charge in [0.2, 0.25) is 0 Å². The lowest BCUT2D eigenvalue weighted by atomic mass is 10.0. The van der Waals surface area contributed by atoms with Crippen LogP contribution in [-0.4, -0.2) is 30.5 Å². The van der Waals surface area contributed by atoms with Crippen molar-refractivity contribution in [3.8, 4) is 0 Å². The Kier molecular flexibility index (Phi) is 6.52. The molecule has 0 atom stereocenters. The molecule has 0 saturated carbocycles. The van der Waals surface area contributed by atoms with E-state index in [9.17, 15) is 23.6 Å². The van der Waals surface area contributed by atoms with Crippen molar-refractivity contribution < 1.29 is 33.0 Å². The fourth-order valence-corrected chi connectivity index (χ4v) is 3.66. The number of ether oxygens (including phenoxy) is 2. The molecule has 1 aromatic carbocycles. The number of imide groups is 1. The lowest BCUT2D eigenvalue weighted by Gasteiger charge is -2.12. The van der Waals surface area contributed by atoms with Crippen LogP contribution in [0.15, 0.2) is 41.8 Å². The van der Waals surface area contributed by atoms with Crippen LogP contribution in [0.25, 0.3) is 11.3 Å². The van der Waals surface area contributed by atoms with Crippen LogP contribution in [0.2, 0.25) is 5.02 Å². The first kappa shape index (κ1) is 22.2. The number of carbonyl (C=O) groups excluding carboxylic acids is 4. The van der Waals surface area contributed by atoms with Crippen LogP contribution in [0.1, 0.15) is 17.4 Å². The molecule has 31 heavy (non-hydrogen) atoms. The fraction of sp³-hybridized carbons (Fsp3) is 0.100. The Balaban J connectivity index is 2.14. The molecule has 3 amide bonds. The average molecular weight is 465 g/mol. The fourth-order valence-electron chi connectivity index (χ4n) is 2.79. The van der Waals surface area contributed by atoms with Gasteiger partial charge < -0.3 is 15.2 Å². The number of urea groups is 1. The van der Waals surface area contributed by atoms with E-state index >= 15 is 0 Å². The highest BCUT2D eigenvalue weighted by atomic mass is 35.5. The molecular weight excluding hydrogens is 451 g/mol. The molecule has 1 aliphatic rings. The van der Waals surface area contributed by atoms with E-state index in [1.165, 1.54) is 0 Å². The molecule has 1 aromatic heterocycles. The van der Waals surface area contributed by atoms with Crippen molar-refractivity contribution in [2.45, 2.75) is 6.92 Å². The largest absolute Gasteiger partial charge is 0.463 e. The molecule has 160 valence electrons. The zero-order valence-corrected chi connectivity index (χ0v) is 17.5. The number of benzene rings is 1. The maximum Gasteiger partial charge on any atom is 0.336 e. The van der Waals surface area contributed by atoms with E-state index in [4.69, 9.17) is 22.1 Å². The minimum atomic E-state index is -1.12. The molecule has 2 heterocycles. The van der Waals surface area contributed by atoms with Gasteiger partial charge in [-0.25, -0.2) is 23.7 Å². The van der Waals surface area contributed by atoms with Gasteiger partial charge in [0.25, 0.3) is 5.91 Å². The highest BCUT2D eigenvalue weighted by molar-refractivity contribution is 7.11. The first-order valence-electron chi connectivity index (χ1n) is 8.72. The van der Waals surface area contributed by atoms with Crippen LogP contribution in [0.3, 0.4) is 0 Å². The maximum atomic E-state index is 14.2. The van der Waals surface area contributed by atoms with E-state index in [0.717, 1.165) is 35.6 Å². The normalized spacial score (nSPS) is 14.5. The third-order valence-electron chi connectivity index (χ3n) is 4.00. The molecule has 0 aliphatic carbocycles. The number of esters is 2. The highest BCUT2D eigenvalue weighted by Crippen LogP contribution is 2.43. The summed E-state index contributed by atoms with van der Waals surface area (Å²) >= 11 is 6.93. The molecule has 8 nitrogen and oxygen atoms in total. The van der Waals surface area contributed by atoms with Gasteiger partial charge in [0, 0.05) is 17.7 Å². The van der Waals surface area contributed by atoms with Gasteiger partial charge in [0.15, 0.2) is 5.76 Å². The quantitative estimate of drug-likeness (QED) is 0.411. The zero-order chi connectivity index (χ0) is 22.7. The minimum absolute atomic E-state index is 0.0312. The lowest BCUT2D eigenvalue weighted by molar-refractivity contribution is -0.138. The van der Waals surface area contributed by atoms with E-state index in [0.29, 0.717) is 9.78 Å². The minimum Gasteiger partial charge on any atom is -0.463 e. The maximum absolute atomic E-state index is 14.2. The summed E-state index contributed by atoms with van der Waals surface area (Å²) in [6.45, 7) is 1.72. The van der Waals surface area contributed by atoms with Crippen molar-refractivity contribution in [1.82, 2.24) is 0 Å². The first-order chi connectivity index (χ1) is 14.7. The van der Waals surface area contributed by atoms with Crippen LogP contribution >= 0.6 is 22.9 Å². The average Bonchev–Trinajstić information content (AvgIpc) is 3.32. The van der Waals surface area contributed by atoms with Crippen LogP contribution < -0.4 is 10.6 Å². The number of anilines is 1. The first-order valence-corrected chi connectivity index (χ1v) is 9.98. The van der Waals surface area contributed by atoms with Gasteiger partial charge >= 0.3 is 18.0 Å². The number of nitrogens with zero attached hydrogens (tertiary/aromatic N) is 1. The molecule has 0 spiro atoms. The predicted molar refractivity (Wildman–Crippen MR) is 111 cm³/mol. The number of hydrogen-bond donors (Lipinski definition) is 1. The number of fused-ring (bicyclic) bond motifs is 1. The van der Waals surface area contributed by atoms with Crippen molar-refractivity contribution in [2.75, 3.05) is 11.5 Å². The van der Waals surface area contributed by atoms with Gasteiger partial charge in [-0.1, -0.05) is 17.7 Å². The number of carbonyl (C=O) groups is 4. The summed E-state index contributed by atoms with van der Waals surface area (Å²) in [6.07, 6.45) is 1.68. The SMILES string of the molecule is CCOC(=O)C=CC(=O)OC(=C1C(=O)N(C(N)=O)c2cc(Cl)c(F)cc21)c1cccs1. The molecule has 3 rings (SSSR count). The van der Waals surface area contributed by atoms with Gasteiger partial charge in [-0.05, 0) is 30.5 Å². The van der Waals surface area contributed by atoms with Crippen molar-refractivity contribution in [1.29, 1.82) is 0 Å². The van der Waals surface area contributed by atoms with Gasteiger partial charge in [-0.15, -0.1) is 11.3 Å². The second-order valence-electron chi connectivity index (χ2n) is 5.95. The molecule has 11 heteroatoms. The van der Waals surface area contributed by atoms with Gasteiger partial charge in [0.1, 0.15) is 5.82 Å². The van der Waals surface area contributed by atoms with Crippen LogP contribution in [-0.2, 0) is 23.9 Å². The summed E-state index contributed by atoms with van der Waals surface area (Å²) in [5.41, 5.74) is 4.98. The number of amides is 3. The number of primary amides is 1. The third kappa shape index (κ3) is 4.49. The summed E-state index contributed by atoms with van der Waals surface area (Å²) in [5, 5.41) is 1.33. The lowest BCUT2D eigenvalue weighted by Crippen LogP contribution is -2.38. The molecule has 0 radical (unpaired) electrons. The van der Waals surface area contributed by atoms with E-state index in [2.05, 4.69) is 4.74 Å². The topological polar surface area (TPSA) is 116 Å². The van der Waals surface area contributed by atoms with Crippen molar-refractivity contribution in [2.24, 2.45) is 5.73 Å². The number of hydrogen-bond acceptors (Lipinski definition) is 7.